The topological polar surface area (TPSA) is 81.1 Å². The van der Waals surface area contributed by atoms with Crippen LogP contribution in [-0.2, 0) is 11.3 Å². The lowest BCUT2D eigenvalue weighted by Crippen LogP contribution is -2.44. The van der Waals surface area contributed by atoms with Crippen molar-refractivity contribution in [3.63, 3.8) is 0 Å². The van der Waals surface area contributed by atoms with Crippen LogP contribution in [0.1, 0.15) is 18.4 Å². The molecule has 6 nitrogen and oxygen atoms in total. The summed E-state index contributed by atoms with van der Waals surface area (Å²) in [6.07, 6.45) is 0.159. The summed E-state index contributed by atoms with van der Waals surface area (Å²) >= 11 is 0. The Balaban J connectivity index is 1.96. The number of carbonyl (C=O) groups excluding carboxylic acids is 1. The Morgan fingerprint density at radius 2 is 1.82 bits per heavy atom. The number of hydrogen-bond donors (Lipinski definition) is 2. The van der Waals surface area contributed by atoms with Gasteiger partial charge in [-0.05, 0) is 18.4 Å². The summed E-state index contributed by atoms with van der Waals surface area (Å²) in [7, 11) is 0. The van der Waals surface area contributed by atoms with Crippen molar-refractivity contribution in [2.24, 2.45) is 5.92 Å². The van der Waals surface area contributed by atoms with E-state index in [9.17, 15) is 14.7 Å². The zero-order valence-corrected chi connectivity index (χ0v) is 12.5. The van der Waals surface area contributed by atoms with E-state index in [0.717, 1.165) is 5.56 Å². The summed E-state index contributed by atoms with van der Waals surface area (Å²) in [6, 6.07) is 9.66. The molecule has 1 saturated heterocycles. The predicted molar refractivity (Wildman–Crippen MR) is 81.3 cm³/mol. The maximum atomic E-state index is 12.6. The van der Waals surface area contributed by atoms with Gasteiger partial charge in [0.05, 0.1) is 6.61 Å². The number of rotatable bonds is 5. The van der Waals surface area contributed by atoms with Crippen LogP contribution in [0.3, 0.4) is 0 Å². The zero-order chi connectivity index (χ0) is 15.9. The molecule has 1 fully saturated rings. The monoisotopic (exact) mass is 306 g/mol. The van der Waals surface area contributed by atoms with Crippen molar-refractivity contribution in [2.45, 2.75) is 19.4 Å². The van der Waals surface area contributed by atoms with E-state index in [1.807, 2.05) is 30.3 Å². The van der Waals surface area contributed by atoms with E-state index in [0.29, 0.717) is 39.0 Å². The molecule has 0 atom stereocenters. The first-order valence-electron chi connectivity index (χ1n) is 7.53. The molecule has 2 amide bonds. The van der Waals surface area contributed by atoms with Crippen LogP contribution in [0.5, 0.6) is 0 Å². The molecular weight excluding hydrogens is 284 g/mol. The van der Waals surface area contributed by atoms with Crippen LogP contribution >= 0.6 is 0 Å². The molecule has 0 unspecified atom stereocenters. The molecule has 2 rings (SSSR count). The van der Waals surface area contributed by atoms with Crippen LogP contribution in [0.15, 0.2) is 30.3 Å². The quantitative estimate of drug-likeness (QED) is 0.861. The minimum Gasteiger partial charge on any atom is -0.465 e. The molecule has 1 heterocycles. The third-order valence-corrected chi connectivity index (χ3v) is 4.01. The van der Waals surface area contributed by atoms with Crippen LogP contribution in [-0.4, -0.2) is 58.3 Å². The Labute approximate surface area is 130 Å². The van der Waals surface area contributed by atoms with Crippen molar-refractivity contribution >= 4 is 12.0 Å². The van der Waals surface area contributed by atoms with Crippen LogP contribution in [0.25, 0.3) is 0 Å². The first kappa shape index (κ1) is 16.3. The van der Waals surface area contributed by atoms with Gasteiger partial charge in [0.25, 0.3) is 0 Å². The molecule has 0 aliphatic carbocycles. The molecule has 1 aliphatic heterocycles. The smallest absolute Gasteiger partial charge is 0.407 e. The molecule has 1 aromatic rings. The Morgan fingerprint density at radius 1 is 1.18 bits per heavy atom. The van der Waals surface area contributed by atoms with Crippen molar-refractivity contribution in [1.29, 1.82) is 0 Å². The van der Waals surface area contributed by atoms with Gasteiger partial charge in [-0.2, -0.15) is 0 Å². The molecule has 2 N–H and O–H groups in total. The number of aliphatic hydroxyl groups is 1. The largest absolute Gasteiger partial charge is 0.465 e. The van der Waals surface area contributed by atoms with Crippen LogP contribution in [0.2, 0.25) is 0 Å². The summed E-state index contributed by atoms with van der Waals surface area (Å²) in [5.74, 6) is -0.159. The van der Waals surface area contributed by atoms with E-state index in [1.165, 1.54) is 4.90 Å². The second kappa shape index (κ2) is 7.79. The fourth-order valence-corrected chi connectivity index (χ4v) is 2.77. The number of carboxylic acid groups (broad SMARTS) is 1. The molecular formula is C16H22N2O4. The van der Waals surface area contributed by atoms with Crippen LogP contribution in [0, 0.1) is 5.92 Å². The Bertz CT molecular complexity index is 498. The first-order valence-corrected chi connectivity index (χ1v) is 7.53. The van der Waals surface area contributed by atoms with Gasteiger partial charge in [-0.1, -0.05) is 30.3 Å². The standard InChI is InChI=1S/C16H22N2O4/c19-11-10-18(12-13-4-2-1-3-5-13)15(20)14-6-8-17(9-7-14)16(21)22/h1-5,14,19H,6-12H2,(H,21,22). The minimum atomic E-state index is -0.928. The van der Waals surface area contributed by atoms with Gasteiger partial charge < -0.3 is 20.0 Å². The van der Waals surface area contributed by atoms with E-state index in [4.69, 9.17) is 5.11 Å². The third kappa shape index (κ3) is 4.21. The van der Waals surface area contributed by atoms with Gasteiger partial charge in [-0.3, -0.25) is 4.79 Å². The summed E-state index contributed by atoms with van der Waals surface area (Å²) in [6.45, 7) is 1.48. The Hall–Kier alpha value is -2.08. The second-order valence-electron chi connectivity index (χ2n) is 5.51. The fourth-order valence-electron chi connectivity index (χ4n) is 2.77. The summed E-state index contributed by atoms with van der Waals surface area (Å²) in [4.78, 5) is 26.5. The maximum absolute atomic E-state index is 12.6. The molecule has 0 saturated carbocycles. The van der Waals surface area contributed by atoms with Gasteiger partial charge in [-0.15, -0.1) is 0 Å². The third-order valence-electron chi connectivity index (χ3n) is 4.01. The van der Waals surface area contributed by atoms with Gasteiger partial charge in [-0.25, -0.2) is 4.79 Å². The minimum absolute atomic E-state index is 0.00272. The number of carbonyl (C=O) groups is 2. The van der Waals surface area contributed by atoms with Crippen molar-refractivity contribution in [1.82, 2.24) is 9.80 Å². The number of likely N-dealkylation sites (tertiary alicyclic amines) is 1. The average Bonchev–Trinajstić information content (AvgIpc) is 2.55. The molecule has 120 valence electrons. The molecule has 0 spiro atoms. The van der Waals surface area contributed by atoms with Crippen molar-refractivity contribution in [3.05, 3.63) is 35.9 Å². The number of hydrogen-bond acceptors (Lipinski definition) is 3. The number of amides is 2. The molecule has 6 heteroatoms. The van der Waals surface area contributed by atoms with Gasteiger partial charge in [0.15, 0.2) is 0 Å². The zero-order valence-electron chi connectivity index (χ0n) is 12.5. The van der Waals surface area contributed by atoms with Crippen LogP contribution < -0.4 is 0 Å². The first-order chi connectivity index (χ1) is 10.6. The lowest BCUT2D eigenvalue weighted by molar-refractivity contribution is -0.138. The normalized spacial score (nSPS) is 15.6. The molecule has 0 aromatic heterocycles. The van der Waals surface area contributed by atoms with Crippen LogP contribution in [0.4, 0.5) is 4.79 Å². The lowest BCUT2D eigenvalue weighted by Gasteiger charge is -2.33. The van der Waals surface area contributed by atoms with Crippen molar-refractivity contribution in [3.8, 4) is 0 Å². The van der Waals surface area contributed by atoms with Gasteiger partial charge in [0.1, 0.15) is 0 Å². The van der Waals surface area contributed by atoms with E-state index in [2.05, 4.69) is 0 Å². The highest BCUT2D eigenvalue weighted by Crippen LogP contribution is 2.20. The molecule has 0 radical (unpaired) electrons. The Morgan fingerprint density at radius 3 is 2.36 bits per heavy atom. The molecule has 0 bridgehead atoms. The Kier molecular flexibility index (Phi) is 5.77. The van der Waals surface area contributed by atoms with E-state index in [1.54, 1.807) is 4.90 Å². The van der Waals surface area contributed by atoms with E-state index in [-0.39, 0.29) is 18.4 Å². The number of piperidine rings is 1. The van der Waals surface area contributed by atoms with E-state index >= 15 is 0 Å². The van der Waals surface area contributed by atoms with Crippen molar-refractivity contribution in [2.75, 3.05) is 26.2 Å². The van der Waals surface area contributed by atoms with Gasteiger partial charge in [0, 0.05) is 32.1 Å². The number of aliphatic hydroxyl groups excluding tert-OH is 1. The second-order valence-corrected chi connectivity index (χ2v) is 5.51. The van der Waals surface area contributed by atoms with Gasteiger partial charge >= 0.3 is 6.09 Å². The highest BCUT2D eigenvalue weighted by Gasteiger charge is 2.29. The number of nitrogens with zero attached hydrogens (tertiary/aromatic N) is 2. The fraction of sp³-hybridized carbons (Fsp3) is 0.500. The highest BCUT2D eigenvalue weighted by atomic mass is 16.4. The summed E-state index contributed by atoms with van der Waals surface area (Å²) in [5.41, 5.74) is 1.02. The molecule has 22 heavy (non-hydrogen) atoms. The highest BCUT2D eigenvalue weighted by molar-refractivity contribution is 5.79. The SMILES string of the molecule is O=C(O)N1CCC(C(=O)N(CCO)Cc2ccccc2)CC1. The van der Waals surface area contributed by atoms with Gasteiger partial charge in [0.2, 0.25) is 5.91 Å². The average molecular weight is 306 g/mol. The molecule has 1 aliphatic rings. The predicted octanol–water partition coefficient (Wildman–Crippen LogP) is 1.40. The van der Waals surface area contributed by atoms with Crippen molar-refractivity contribution < 1.29 is 19.8 Å². The van der Waals surface area contributed by atoms with E-state index < -0.39 is 6.09 Å². The lowest BCUT2D eigenvalue weighted by atomic mass is 9.95. The molecule has 1 aromatic carbocycles. The summed E-state index contributed by atoms with van der Waals surface area (Å²) in [5, 5.41) is 18.1. The number of benzene rings is 1. The summed E-state index contributed by atoms with van der Waals surface area (Å²) < 4.78 is 0. The maximum Gasteiger partial charge on any atom is 0.407 e.